The van der Waals surface area contributed by atoms with Gasteiger partial charge in [-0.05, 0) is 86.3 Å². The maximum Gasteiger partial charge on any atom is 0.480 e. The molecule has 0 spiro atoms. The molecule has 0 atom stereocenters. The second-order valence-electron chi connectivity index (χ2n) is 4.01. The van der Waals surface area contributed by atoms with Crippen molar-refractivity contribution >= 4 is 83.8 Å². The molecule has 0 unspecified atom stereocenters. The van der Waals surface area contributed by atoms with Gasteiger partial charge in [0, 0.05) is 10.7 Å². The first-order valence-corrected chi connectivity index (χ1v) is 10.4. The van der Waals surface area contributed by atoms with Crippen LogP contribution in [0.4, 0.5) is 13.2 Å². The fourth-order valence-electron chi connectivity index (χ4n) is 1.27. The lowest BCUT2D eigenvalue weighted by atomic mass is 10.2. The zero-order valence-electron chi connectivity index (χ0n) is 11.0. The second-order valence-corrected chi connectivity index (χ2v) is 9.17. The van der Waals surface area contributed by atoms with E-state index in [-0.39, 0.29) is 13.0 Å². The molecule has 0 aliphatic heterocycles. The van der Waals surface area contributed by atoms with Crippen molar-refractivity contribution in [2.75, 3.05) is 13.2 Å². The van der Waals surface area contributed by atoms with Gasteiger partial charge in [0.05, 0.1) is 12.2 Å². The molecule has 23 heavy (non-hydrogen) atoms. The van der Waals surface area contributed by atoms with E-state index < -0.39 is 28.0 Å². The largest absolute Gasteiger partial charge is 0.541 e. The molecule has 0 heterocycles. The SMILES string of the molecule is O=C(OCCC[N-]S(=O)(=O)C(F)(F)F)c1cc(I)cc(I)c1I. The van der Waals surface area contributed by atoms with Crippen LogP contribution in [0, 0.1) is 10.7 Å². The van der Waals surface area contributed by atoms with Crippen LogP contribution in [0.2, 0.25) is 0 Å². The first kappa shape index (κ1) is 21.6. The van der Waals surface area contributed by atoms with Gasteiger partial charge in [0.15, 0.2) is 10.0 Å². The lowest BCUT2D eigenvalue weighted by Crippen LogP contribution is -2.22. The van der Waals surface area contributed by atoms with Gasteiger partial charge in [0.2, 0.25) is 0 Å². The third-order valence-corrected chi connectivity index (χ3v) is 7.08. The predicted octanol–water partition coefficient (Wildman–Crippen LogP) is 4.27. The van der Waals surface area contributed by atoms with Crippen LogP contribution in [-0.4, -0.2) is 33.0 Å². The number of carbonyl (C=O) groups is 1. The summed E-state index contributed by atoms with van der Waals surface area (Å²) in [5.74, 6) is -0.621. The summed E-state index contributed by atoms with van der Waals surface area (Å²) < 4.78 is 67.4. The van der Waals surface area contributed by atoms with E-state index in [1.165, 1.54) is 0 Å². The van der Waals surface area contributed by atoms with Crippen molar-refractivity contribution in [3.63, 3.8) is 0 Å². The molecule has 1 rings (SSSR count). The molecule has 0 saturated heterocycles. The van der Waals surface area contributed by atoms with Crippen molar-refractivity contribution in [3.8, 4) is 0 Å². The number of nitrogens with zero attached hydrogens (tertiary/aromatic N) is 1. The van der Waals surface area contributed by atoms with Crippen LogP contribution in [0.3, 0.4) is 0 Å². The van der Waals surface area contributed by atoms with Crippen molar-refractivity contribution in [1.82, 2.24) is 0 Å². The van der Waals surface area contributed by atoms with Crippen LogP contribution in [0.15, 0.2) is 12.1 Å². The molecule has 130 valence electrons. The molecule has 5 nitrogen and oxygen atoms in total. The molecular weight excluding hydrogens is 680 g/mol. The smallest absolute Gasteiger partial charge is 0.480 e. The molecule has 1 aromatic rings. The van der Waals surface area contributed by atoms with E-state index in [0.29, 0.717) is 9.13 Å². The standard InChI is InChI=1S/C11H8F3I3NO4S/c12-11(13,14)23(20,21)18-2-1-3-22-10(19)7-4-6(15)5-8(16)9(7)17/h4-5H,1-3H2/q-1. The number of hydrogen-bond acceptors (Lipinski definition) is 4. The van der Waals surface area contributed by atoms with Crippen LogP contribution in [0.1, 0.15) is 16.8 Å². The number of hydrogen-bond donors (Lipinski definition) is 0. The molecular formula is C11H8F3I3NO4S-. The summed E-state index contributed by atoms with van der Waals surface area (Å²) in [6.45, 7) is -0.829. The molecule has 0 aromatic heterocycles. The van der Waals surface area contributed by atoms with Crippen molar-refractivity contribution < 1.29 is 31.1 Å². The maximum absolute atomic E-state index is 12.0. The van der Waals surface area contributed by atoms with Crippen LogP contribution in [0.25, 0.3) is 4.72 Å². The molecule has 0 aliphatic rings. The summed E-state index contributed by atoms with van der Waals surface area (Å²) in [4.78, 5) is 11.9. The van der Waals surface area contributed by atoms with E-state index in [9.17, 15) is 26.4 Å². The van der Waals surface area contributed by atoms with Crippen molar-refractivity contribution in [2.45, 2.75) is 11.9 Å². The van der Waals surface area contributed by atoms with Gasteiger partial charge in [0.1, 0.15) is 0 Å². The normalized spacial score (nSPS) is 12.3. The molecule has 0 N–H and O–H groups in total. The highest BCUT2D eigenvalue weighted by Gasteiger charge is 2.38. The van der Waals surface area contributed by atoms with Crippen molar-refractivity contribution in [3.05, 3.63) is 33.1 Å². The number of halogens is 6. The second kappa shape index (κ2) is 8.79. The molecule has 0 fully saturated rings. The lowest BCUT2D eigenvalue weighted by molar-refractivity contribution is -0.0427. The summed E-state index contributed by atoms with van der Waals surface area (Å²) in [5.41, 5.74) is -5.06. The maximum atomic E-state index is 12.0. The average Bonchev–Trinajstić information content (AvgIpc) is 2.40. The highest BCUT2D eigenvalue weighted by Crippen LogP contribution is 2.27. The summed E-state index contributed by atoms with van der Waals surface area (Å²) in [6.07, 6.45) is -0.126. The van der Waals surface area contributed by atoms with Gasteiger partial charge in [-0.1, -0.05) is 0 Å². The number of esters is 1. The molecule has 0 saturated carbocycles. The molecule has 12 heteroatoms. The van der Waals surface area contributed by atoms with Crippen molar-refractivity contribution in [2.24, 2.45) is 0 Å². The Kier molecular flexibility index (Phi) is 8.27. The molecule has 0 bridgehead atoms. The first-order chi connectivity index (χ1) is 10.5. The molecule has 1 aromatic carbocycles. The minimum Gasteiger partial charge on any atom is -0.541 e. The Morgan fingerprint density at radius 1 is 1.22 bits per heavy atom. The third-order valence-electron chi connectivity index (χ3n) is 2.30. The topological polar surface area (TPSA) is 74.5 Å². The number of sulfonamides is 1. The lowest BCUT2D eigenvalue weighted by Gasteiger charge is -2.21. The number of carbonyl (C=O) groups excluding carboxylic acids is 1. The Morgan fingerprint density at radius 2 is 1.83 bits per heavy atom. The Balaban J connectivity index is 2.50. The fraction of sp³-hybridized carbons (Fsp3) is 0.364. The minimum absolute atomic E-state index is 0.126. The average molecular weight is 688 g/mol. The quantitative estimate of drug-likeness (QED) is 0.194. The number of alkyl halides is 3. The minimum atomic E-state index is -5.49. The Bertz CT molecular complexity index is 694. The summed E-state index contributed by atoms with van der Waals surface area (Å²) in [5, 5.41) is 0. The van der Waals surface area contributed by atoms with E-state index in [1.807, 2.05) is 51.2 Å². The molecule has 0 amide bonds. The summed E-state index contributed by atoms with van der Waals surface area (Å²) in [6, 6.07) is 3.51. The van der Waals surface area contributed by atoms with E-state index in [4.69, 9.17) is 4.74 Å². The Hall–Kier alpha value is 0.580. The van der Waals surface area contributed by atoms with Crippen LogP contribution >= 0.6 is 67.8 Å². The third kappa shape index (κ3) is 6.43. The van der Waals surface area contributed by atoms with Crippen LogP contribution < -0.4 is 0 Å². The monoisotopic (exact) mass is 688 g/mol. The van der Waals surface area contributed by atoms with Gasteiger partial charge in [-0.3, -0.25) is 0 Å². The molecule has 0 radical (unpaired) electrons. The summed E-state index contributed by atoms with van der Waals surface area (Å²) in [7, 11) is -5.49. The van der Waals surface area contributed by atoms with Gasteiger partial charge in [-0.25, -0.2) is 13.2 Å². The molecule has 0 aliphatic carbocycles. The predicted molar refractivity (Wildman–Crippen MR) is 103 cm³/mol. The van der Waals surface area contributed by atoms with Gasteiger partial charge >= 0.3 is 11.5 Å². The van der Waals surface area contributed by atoms with Crippen LogP contribution in [-0.2, 0) is 14.8 Å². The number of rotatable bonds is 6. The highest BCUT2D eigenvalue weighted by atomic mass is 127. The van der Waals surface area contributed by atoms with E-state index in [2.05, 4.69) is 27.3 Å². The summed E-state index contributed by atoms with van der Waals surface area (Å²) >= 11 is 6.10. The highest BCUT2D eigenvalue weighted by molar-refractivity contribution is 14.1. The number of ether oxygens (including phenoxy) is 1. The zero-order valence-corrected chi connectivity index (χ0v) is 18.3. The van der Waals surface area contributed by atoms with Gasteiger partial charge < -0.3 is 9.46 Å². The van der Waals surface area contributed by atoms with E-state index >= 15 is 0 Å². The Labute approximate surface area is 171 Å². The van der Waals surface area contributed by atoms with Gasteiger partial charge in [-0.15, -0.1) is 6.54 Å². The fourth-order valence-corrected chi connectivity index (χ4v) is 4.16. The van der Waals surface area contributed by atoms with Crippen molar-refractivity contribution in [1.29, 1.82) is 0 Å². The Morgan fingerprint density at radius 3 is 2.39 bits per heavy atom. The zero-order chi connectivity index (χ0) is 17.8. The van der Waals surface area contributed by atoms with E-state index in [0.717, 1.165) is 7.14 Å². The van der Waals surface area contributed by atoms with E-state index in [1.54, 1.807) is 6.07 Å². The van der Waals surface area contributed by atoms with Gasteiger partial charge in [0.25, 0.3) is 0 Å². The first-order valence-electron chi connectivity index (χ1n) is 5.77. The van der Waals surface area contributed by atoms with Crippen LogP contribution in [0.5, 0.6) is 0 Å². The number of benzene rings is 1. The van der Waals surface area contributed by atoms with Gasteiger partial charge in [-0.2, -0.15) is 13.2 Å².